The van der Waals surface area contributed by atoms with Crippen LogP contribution in [0, 0.1) is 5.41 Å². The Morgan fingerprint density at radius 1 is 1.19 bits per heavy atom. The number of nitrogens with one attached hydrogen (secondary N) is 1. The van der Waals surface area contributed by atoms with Crippen molar-refractivity contribution in [1.29, 1.82) is 5.41 Å². The number of guanidine groups is 1. The van der Waals surface area contributed by atoms with E-state index in [1.807, 2.05) is 29.3 Å². The van der Waals surface area contributed by atoms with Gasteiger partial charge in [-0.15, -0.1) is 11.8 Å². The van der Waals surface area contributed by atoms with Gasteiger partial charge in [0.05, 0.1) is 0 Å². The van der Waals surface area contributed by atoms with Gasteiger partial charge in [-0.05, 0) is 29.3 Å². The number of nitrogens with zero attached hydrogens (tertiary/aromatic N) is 3. The molecular weight excluding hydrogens is 467 g/mol. The molecule has 12 heteroatoms. The SMILES string of the molecule is N=C(N)N1CCN(Cc2cccnc2SCc2ccc(Cl)cc2)CC1.O=C(O)C(F)(F)F. The van der Waals surface area contributed by atoms with Crippen LogP contribution >= 0.6 is 23.4 Å². The summed E-state index contributed by atoms with van der Waals surface area (Å²) in [6.45, 7) is 4.32. The summed E-state index contributed by atoms with van der Waals surface area (Å²) < 4.78 is 31.7. The number of carbonyl (C=O) groups is 1. The van der Waals surface area contributed by atoms with E-state index in [0.29, 0.717) is 0 Å². The molecule has 0 spiro atoms. The summed E-state index contributed by atoms with van der Waals surface area (Å²) in [4.78, 5) is 17.8. The van der Waals surface area contributed by atoms with Gasteiger partial charge < -0.3 is 15.7 Å². The van der Waals surface area contributed by atoms with Gasteiger partial charge in [-0.2, -0.15) is 13.2 Å². The number of halogens is 4. The summed E-state index contributed by atoms with van der Waals surface area (Å²) >= 11 is 7.70. The minimum atomic E-state index is -5.08. The van der Waals surface area contributed by atoms with Crippen molar-refractivity contribution in [2.75, 3.05) is 26.2 Å². The highest BCUT2D eigenvalue weighted by molar-refractivity contribution is 7.98. The van der Waals surface area contributed by atoms with Crippen molar-refractivity contribution in [3.63, 3.8) is 0 Å². The Morgan fingerprint density at radius 3 is 2.31 bits per heavy atom. The van der Waals surface area contributed by atoms with Crippen molar-refractivity contribution in [1.82, 2.24) is 14.8 Å². The maximum atomic E-state index is 10.6. The van der Waals surface area contributed by atoms with Crippen molar-refractivity contribution >= 4 is 35.3 Å². The summed E-state index contributed by atoms with van der Waals surface area (Å²) in [7, 11) is 0. The Labute approximate surface area is 192 Å². The topological polar surface area (TPSA) is 107 Å². The molecule has 2 heterocycles. The predicted molar refractivity (Wildman–Crippen MR) is 118 cm³/mol. The van der Waals surface area contributed by atoms with Crippen LogP contribution in [-0.4, -0.2) is 64.2 Å². The van der Waals surface area contributed by atoms with E-state index in [9.17, 15) is 13.2 Å². The third-order valence-corrected chi connectivity index (χ3v) is 5.86. The number of alkyl halides is 3. The van der Waals surface area contributed by atoms with Crippen LogP contribution in [0.25, 0.3) is 0 Å². The van der Waals surface area contributed by atoms with Crippen molar-refractivity contribution in [3.8, 4) is 0 Å². The molecule has 0 amide bonds. The first-order chi connectivity index (χ1) is 15.1. The molecule has 4 N–H and O–H groups in total. The monoisotopic (exact) mass is 489 g/mol. The van der Waals surface area contributed by atoms with E-state index >= 15 is 0 Å². The van der Waals surface area contributed by atoms with Gasteiger partial charge in [-0.3, -0.25) is 10.3 Å². The Bertz CT molecular complexity index is 907. The van der Waals surface area contributed by atoms with Crippen LogP contribution in [0.4, 0.5) is 13.2 Å². The molecule has 3 rings (SSSR count). The molecule has 1 aromatic carbocycles. The second kappa shape index (κ2) is 11.9. The molecule has 1 aromatic heterocycles. The minimum absolute atomic E-state index is 0.167. The first-order valence-corrected chi connectivity index (χ1v) is 10.8. The lowest BCUT2D eigenvalue weighted by atomic mass is 10.2. The van der Waals surface area contributed by atoms with E-state index in [1.165, 1.54) is 11.1 Å². The second-order valence-electron chi connectivity index (χ2n) is 6.83. The first-order valence-electron chi connectivity index (χ1n) is 9.49. The maximum absolute atomic E-state index is 10.6. The fourth-order valence-corrected chi connectivity index (χ4v) is 3.87. The molecule has 1 fully saturated rings. The van der Waals surface area contributed by atoms with Gasteiger partial charge in [-0.25, -0.2) is 9.78 Å². The van der Waals surface area contributed by atoms with Crippen LogP contribution in [0.1, 0.15) is 11.1 Å². The molecule has 32 heavy (non-hydrogen) atoms. The lowest BCUT2D eigenvalue weighted by molar-refractivity contribution is -0.192. The number of carboxylic acids is 1. The molecule has 0 atom stereocenters. The Hall–Kier alpha value is -2.50. The standard InChI is InChI=1S/C18H22ClN5S.C2HF3O2/c19-16-5-3-14(4-6-16)13-25-17-15(2-1-7-22-17)12-23-8-10-24(11-9-23)18(20)21;3-2(4,5)1(6)7/h1-7H,8-13H2,(H3,20,21);(H,6,7). The molecule has 0 aliphatic carbocycles. The zero-order valence-corrected chi connectivity index (χ0v) is 18.6. The van der Waals surface area contributed by atoms with E-state index in [-0.39, 0.29) is 5.96 Å². The number of piperazine rings is 1. The van der Waals surface area contributed by atoms with E-state index < -0.39 is 12.1 Å². The summed E-state index contributed by atoms with van der Waals surface area (Å²) in [6.07, 6.45) is -3.23. The summed E-state index contributed by atoms with van der Waals surface area (Å²) in [6, 6.07) is 12.1. The number of nitrogens with two attached hydrogens (primary N) is 1. The minimum Gasteiger partial charge on any atom is -0.475 e. The molecule has 2 aromatic rings. The molecule has 174 valence electrons. The normalized spacial score (nSPS) is 14.4. The zero-order valence-electron chi connectivity index (χ0n) is 17.0. The number of rotatable bonds is 5. The number of pyridine rings is 1. The van der Waals surface area contributed by atoms with Crippen molar-refractivity contribution in [3.05, 3.63) is 58.7 Å². The van der Waals surface area contributed by atoms with Crippen LogP contribution in [0.2, 0.25) is 5.02 Å². The largest absolute Gasteiger partial charge is 0.490 e. The number of aliphatic carboxylic acids is 1. The van der Waals surface area contributed by atoms with Gasteiger partial charge in [0.2, 0.25) is 0 Å². The van der Waals surface area contributed by atoms with Crippen LogP contribution < -0.4 is 5.73 Å². The number of hydrogen-bond acceptors (Lipinski definition) is 5. The molecule has 0 radical (unpaired) electrons. The quantitative estimate of drug-likeness (QED) is 0.334. The van der Waals surface area contributed by atoms with Crippen molar-refractivity contribution in [2.24, 2.45) is 5.73 Å². The molecule has 0 bridgehead atoms. The highest BCUT2D eigenvalue weighted by Gasteiger charge is 2.38. The third kappa shape index (κ3) is 8.56. The van der Waals surface area contributed by atoms with Crippen molar-refractivity contribution < 1.29 is 23.1 Å². The molecule has 1 saturated heterocycles. The van der Waals surface area contributed by atoms with Gasteiger partial charge in [0.15, 0.2) is 5.96 Å². The Kier molecular flexibility index (Phi) is 9.60. The Morgan fingerprint density at radius 2 is 1.78 bits per heavy atom. The smallest absolute Gasteiger partial charge is 0.475 e. The van der Waals surface area contributed by atoms with Gasteiger partial charge >= 0.3 is 12.1 Å². The van der Waals surface area contributed by atoms with Crippen LogP contribution in [0.15, 0.2) is 47.6 Å². The predicted octanol–water partition coefficient (Wildman–Crippen LogP) is 3.67. The summed E-state index contributed by atoms with van der Waals surface area (Å²) in [5, 5.41) is 16.5. The van der Waals surface area contributed by atoms with Crippen LogP contribution in [-0.2, 0) is 17.1 Å². The van der Waals surface area contributed by atoms with Crippen LogP contribution in [0.5, 0.6) is 0 Å². The van der Waals surface area contributed by atoms with Gasteiger partial charge in [0, 0.05) is 49.7 Å². The average Bonchev–Trinajstić information content (AvgIpc) is 2.74. The molecule has 7 nitrogen and oxygen atoms in total. The van der Waals surface area contributed by atoms with E-state index in [4.69, 9.17) is 32.6 Å². The van der Waals surface area contributed by atoms with Gasteiger partial charge in [0.25, 0.3) is 0 Å². The lowest BCUT2D eigenvalue weighted by Gasteiger charge is -2.35. The molecule has 0 unspecified atom stereocenters. The summed E-state index contributed by atoms with van der Waals surface area (Å²) in [5.41, 5.74) is 8.05. The fourth-order valence-electron chi connectivity index (χ4n) is 2.79. The van der Waals surface area contributed by atoms with E-state index in [2.05, 4.69) is 28.1 Å². The lowest BCUT2D eigenvalue weighted by Crippen LogP contribution is -2.50. The molecule has 0 saturated carbocycles. The number of benzene rings is 1. The van der Waals surface area contributed by atoms with E-state index in [0.717, 1.165) is 48.5 Å². The van der Waals surface area contributed by atoms with Gasteiger partial charge in [0.1, 0.15) is 5.03 Å². The van der Waals surface area contributed by atoms with Gasteiger partial charge in [-0.1, -0.05) is 29.8 Å². The zero-order chi connectivity index (χ0) is 23.7. The number of aromatic nitrogens is 1. The number of hydrogen-bond donors (Lipinski definition) is 3. The number of carboxylic acid groups (broad SMARTS) is 1. The molecule has 1 aliphatic rings. The average molecular weight is 490 g/mol. The van der Waals surface area contributed by atoms with Crippen LogP contribution in [0.3, 0.4) is 0 Å². The fraction of sp³-hybridized carbons (Fsp3) is 0.350. The Balaban J connectivity index is 0.000000451. The second-order valence-corrected chi connectivity index (χ2v) is 8.23. The highest BCUT2D eigenvalue weighted by atomic mass is 35.5. The summed E-state index contributed by atoms with van der Waals surface area (Å²) in [5.74, 6) is -1.72. The molecular formula is C20H23ClF3N5O2S. The molecule has 1 aliphatic heterocycles. The maximum Gasteiger partial charge on any atom is 0.490 e. The van der Waals surface area contributed by atoms with Crippen molar-refractivity contribution in [2.45, 2.75) is 23.5 Å². The third-order valence-electron chi connectivity index (χ3n) is 4.49. The number of thioether (sulfide) groups is 1. The van der Waals surface area contributed by atoms with E-state index in [1.54, 1.807) is 11.8 Å². The first kappa shape index (κ1) is 25.8. The highest BCUT2D eigenvalue weighted by Crippen LogP contribution is 2.26.